The lowest BCUT2D eigenvalue weighted by Crippen LogP contribution is -2.45. The summed E-state index contributed by atoms with van der Waals surface area (Å²) in [6, 6.07) is 7.56. The maximum Gasteiger partial charge on any atom is 0.251 e. The molecule has 1 saturated heterocycles. The summed E-state index contributed by atoms with van der Waals surface area (Å²) in [4.78, 5) is 16.9. The minimum atomic E-state index is -0.0611. The fourth-order valence-corrected chi connectivity index (χ4v) is 2.94. The van der Waals surface area contributed by atoms with Gasteiger partial charge in [0.15, 0.2) is 0 Å². The van der Waals surface area contributed by atoms with Crippen LogP contribution in [0.4, 0.5) is 0 Å². The van der Waals surface area contributed by atoms with Crippen molar-refractivity contribution in [2.75, 3.05) is 13.1 Å². The van der Waals surface area contributed by atoms with Crippen molar-refractivity contribution in [1.29, 1.82) is 0 Å². The van der Waals surface area contributed by atoms with Crippen molar-refractivity contribution in [1.82, 2.24) is 20.8 Å². The first kappa shape index (κ1) is 20.4. The fraction of sp³-hybridized carbons (Fsp3) is 0.526. The summed E-state index contributed by atoms with van der Waals surface area (Å²) in [5, 5.41) is 10.4. The molecule has 0 radical (unpaired) electrons. The van der Waals surface area contributed by atoms with E-state index >= 15 is 0 Å². The molecule has 1 aliphatic rings. The van der Waals surface area contributed by atoms with Gasteiger partial charge < -0.3 is 15.2 Å². The normalized spacial score (nSPS) is 17.4. The summed E-state index contributed by atoms with van der Waals surface area (Å²) in [6.45, 7) is 8.23. The molecule has 2 aromatic rings. The Morgan fingerprint density at radius 3 is 2.88 bits per heavy atom. The van der Waals surface area contributed by atoms with Gasteiger partial charge in [0.25, 0.3) is 5.91 Å². The lowest BCUT2D eigenvalue weighted by Gasteiger charge is -2.23. The predicted molar refractivity (Wildman–Crippen MR) is 103 cm³/mol. The highest BCUT2D eigenvalue weighted by atomic mass is 35.5. The van der Waals surface area contributed by atoms with Gasteiger partial charge in [-0.1, -0.05) is 38.1 Å². The maximum absolute atomic E-state index is 12.5. The molecule has 2 heterocycles. The van der Waals surface area contributed by atoms with E-state index in [4.69, 9.17) is 4.52 Å². The molecule has 3 rings (SSSR count). The molecule has 0 bridgehead atoms. The van der Waals surface area contributed by atoms with Crippen LogP contribution in [0.15, 0.2) is 28.8 Å². The first-order chi connectivity index (χ1) is 11.9. The number of nitrogens with zero attached hydrogens (tertiary/aromatic N) is 2. The number of rotatable bonds is 4. The number of carbonyl (C=O) groups excluding carboxylic acids is 1. The number of aromatic nitrogens is 2. The molecule has 142 valence electrons. The number of hydrogen-bond acceptors (Lipinski definition) is 5. The Morgan fingerprint density at radius 2 is 2.19 bits per heavy atom. The predicted octanol–water partition coefficient (Wildman–Crippen LogP) is 3.23. The molecule has 0 saturated carbocycles. The van der Waals surface area contributed by atoms with Gasteiger partial charge in [-0.05, 0) is 36.9 Å². The van der Waals surface area contributed by atoms with Crippen LogP contribution in [0.1, 0.15) is 49.9 Å². The number of nitrogens with one attached hydrogen (secondary N) is 2. The van der Waals surface area contributed by atoms with Crippen LogP contribution in [-0.2, 0) is 6.42 Å². The number of benzene rings is 1. The molecule has 0 aliphatic carbocycles. The summed E-state index contributed by atoms with van der Waals surface area (Å²) < 4.78 is 5.35. The van der Waals surface area contributed by atoms with E-state index in [2.05, 4.69) is 41.5 Å². The molecular formula is C19H27ClN4O2. The van der Waals surface area contributed by atoms with Gasteiger partial charge in [0.2, 0.25) is 11.7 Å². The van der Waals surface area contributed by atoms with Crippen molar-refractivity contribution in [2.45, 2.75) is 46.1 Å². The summed E-state index contributed by atoms with van der Waals surface area (Å²) in [6.07, 6.45) is 2.82. The van der Waals surface area contributed by atoms with Crippen molar-refractivity contribution in [3.63, 3.8) is 0 Å². The van der Waals surface area contributed by atoms with Crippen molar-refractivity contribution >= 4 is 18.3 Å². The minimum Gasteiger partial charge on any atom is -0.348 e. The molecule has 2 N–H and O–H groups in total. The standard InChI is InChI=1S/C19H26N4O2.ClH/c1-19(2,3)11-16-22-17(23-25-16)13-6-4-7-14(10-13)18(24)21-15-8-5-9-20-12-15;/h4,6-7,10,15,20H,5,8-9,11-12H2,1-3H3,(H,21,24);1H. The maximum atomic E-state index is 12.5. The zero-order valence-corrected chi connectivity index (χ0v) is 16.4. The number of piperidine rings is 1. The third kappa shape index (κ3) is 5.54. The highest BCUT2D eigenvalue weighted by Crippen LogP contribution is 2.22. The molecule has 1 aliphatic heterocycles. The second-order valence-corrected chi connectivity index (χ2v) is 7.85. The Balaban J connectivity index is 0.00000243. The molecule has 1 unspecified atom stereocenters. The molecule has 7 heteroatoms. The number of carbonyl (C=O) groups is 1. The van der Waals surface area contributed by atoms with Gasteiger partial charge in [-0.15, -0.1) is 12.4 Å². The third-order valence-electron chi connectivity index (χ3n) is 4.16. The van der Waals surface area contributed by atoms with E-state index in [0.717, 1.165) is 37.9 Å². The van der Waals surface area contributed by atoms with Crippen molar-refractivity contribution in [3.05, 3.63) is 35.7 Å². The van der Waals surface area contributed by atoms with Crippen LogP contribution in [0.5, 0.6) is 0 Å². The first-order valence-corrected chi connectivity index (χ1v) is 8.85. The molecule has 1 atom stereocenters. The van der Waals surface area contributed by atoms with Crippen molar-refractivity contribution in [3.8, 4) is 11.4 Å². The quantitative estimate of drug-likeness (QED) is 0.853. The minimum absolute atomic E-state index is 0. The van der Waals surface area contributed by atoms with Crippen LogP contribution < -0.4 is 10.6 Å². The van der Waals surface area contributed by atoms with Crippen LogP contribution in [-0.4, -0.2) is 35.2 Å². The second kappa shape index (κ2) is 8.64. The molecule has 0 spiro atoms. The molecule has 26 heavy (non-hydrogen) atoms. The van der Waals surface area contributed by atoms with Crippen LogP contribution >= 0.6 is 12.4 Å². The van der Waals surface area contributed by atoms with Crippen LogP contribution in [0, 0.1) is 5.41 Å². The van der Waals surface area contributed by atoms with E-state index in [0.29, 0.717) is 17.3 Å². The second-order valence-electron chi connectivity index (χ2n) is 7.85. The summed E-state index contributed by atoms with van der Waals surface area (Å²) in [5.41, 5.74) is 1.49. The van der Waals surface area contributed by atoms with Gasteiger partial charge in [0.05, 0.1) is 0 Å². The van der Waals surface area contributed by atoms with Crippen LogP contribution in [0.25, 0.3) is 11.4 Å². The number of hydrogen-bond donors (Lipinski definition) is 2. The van der Waals surface area contributed by atoms with E-state index in [1.165, 1.54) is 0 Å². The van der Waals surface area contributed by atoms with Gasteiger partial charge >= 0.3 is 0 Å². The molecular weight excluding hydrogens is 352 g/mol. The topological polar surface area (TPSA) is 80.0 Å². The van der Waals surface area contributed by atoms with Gasteiger partial charge in [0.1, 0.15) is 0 Å². The zero-order chi connectivity index (χ0) is 17.9. The highest BCUT2D eigenvalue weighted by molar-refractivity contribution is 5.95. The number of amides is 1. The Morgan fingerprint density at radius 1 is 1.38 bits per heavy atom. The van der Waals surface area contributed by atoms with Gasteiger partial charge in [0, 0.05) is 30.1 Å². The summed E-state index contributed by atoms with van der Waals surface area (Å²) in [5.74, 6) is 1.08. The average Bonchev–Trinajstić information content (AvgIpc) is 3.02. The van der Waals surface area contributed by atoms with E-state index in [1.54, 1.807) is 0 Å². The monoisotopic (exact) mass is 378 g/mol. The van der Waals surface area contributed by atoms with Gasteiger partial charge in [-0.3, -0.25) is 4.79 Å². The average molecular weight is 379 g/mol. The molecule has 1 aromatic carbocycles. The Labute approximate surface area is 160 Å². The summed E-state index contributed by atoms with van der Waals surface area (Å²) >= 11 is 0. The van der Waals surface area contributed by atoms with Crippen molar-refractivity contribution in [2.24, 2.45) is 5.41 Å². The van der Waals surface area contributed by atoms with E-state index in [-0.39, 0.29) is 29.8 Å². The smallest absolute Gasteiger partial charge is 0.251 e. The Bertz CT molecular complexity index is 733. The molecule has 1 fully saturated rings. The van der Waals surface area contributed by atoms with E-state index in [1.807, 2.05) is 24.3 Å². The highest BCUT2D eigenvalue weighted by Gasteiger charge is 2.19. The molecule has 6 nitrogen and oxygen atoms in total. The van der Waals surface area contributed by atoms with E-state index < -0.39 is 0 Å². The number of halogens is 1. The largest absolute Gasteiger partial charge is 0.348 e. The van der Waals surface area contributed by atoms with Gasteiger partial charge in [-0.25, -0.2) is 0 Å². The van der Waals surface area contributed by atoms with E-state index in [9.17, 15) is 4.79 Å². The third-order valence-corrected chi connectivity index (χ3v) is 4.16. The van der Waals surface area contributed by atoms with Crippen molar-refractivity contribution < 1.29 is 9.32 Å². The van der Waals surface area contributed by atoms with Gasteiger partial charge in [-0.2, -0.15) is 4.98 Å². The van der Waals surface area contributed by atoms with Crippen LogP contribution in [0.2, 0.25) is 0 Å². The van der Waals surface area contributed by atoms with Crippen LogP contribution in [0.3, 0.4) is 0 Å². The molecule has 1 amide bonds. The Kier molecular flexibility index (Phi) is 6.78. The molecule has 1 aromatic heterocycles. The Hall–Kier alpha value is -1.92. The first-order valence-electron chi connectivity index (χ1n) is 8.85. The fourth-order valence-electron chi connectivity index (χ4n) is 2.94. The lowest BCUT2D eigenvalue weighted by atomic mass is 9.92. The lowest BCUT2D eigenvalue weighted by molar-refractivity contribution is 0.0930. The SMILES string of the molecule is CC(C)(C)Cc1nc(-c2cccc(C(=O)NC3CCCNC3)c2)no1.Cl. The summed E-state index contributed by atoms with van der Waals surface area (Å²) in [7, 11) is 0. The zero-order valence-electron chi connectivity index (χ0n) is 15.5.